The lowest BCUT2D eigenvalue weighted by Gasteiger charge is -2.08. The van der Waals surface area contributed by atoms with E-state index in [1.165, 1.54) is 23.9 Å². The quantitative estimate of drug-likeness (QED) is 0.729. The SMILES string of the molecule is CSCc1nc(C(=O)Nc2cc(Cl)c(O)c(Cl)c2)cc(=O)[nH]1. The molecule has 0 atom stereocenters. The van der Waals surface area contributed by atoms with Gasteiger partial charge < -0.3 is 15.4 Å². The summed E-state index contributed by atoms with van der Waals surface area (Å²) in [5.41, 5.74) is -0.148. The first-order valence-electron chi connectivity index (χ1n) is 5.99. The summed E-state index contributed by atoms with van der Waals surface area (Å²) in [6, 6.07) is 3.79. The molecule has 0 aliphatic rings. The van der Waals surface area contributed by atoms with Crippen molar-refractivity contribution in [2.24, 2.45) is 0 Å². The van der Waals surface area contributed by atoms with Crippen LogP contribution < -0.4 is 10.9 Å². The fourth-order valence-corrected chi connectivity index (χ4v) is 2.56. The Kier molecular flexibility index (Phi) is 5.33. The second-order valence-corrected chi connectivity index (χ2v) is 5.93. The van der Waals surface area contributed by atoms with Crippen LogP contribution in [0.25, 0.3) is 0 Å². The molecule has 22 heavy (non-hydrogen) atoms. The van der Waals surface area contributed by atoms with Crippen LogP contribution in [0.15, 0.2) is 23.0 Å². The number of nitrogens with zero attached hydrogens (tertiary/aromatic N) is 1. The molecule has 1 aromatic carbocycles. The summed E-state index contributed by atoms with van der Waals surface area (Å²) in [6.07, 6.45) is 1.85. The van der Waals surface area contributed by atoms with Gasteiger partial charge in [0, 0.05) is 11.8 Å². The summed E-state index contributed by atoms with van der Waals surface area (Å²) < 4.78 is 0. The van der Waals surface area contributed by atoms with Crippen LogP contribution in [0, 0.1) is 0 Å². The summed E-state index contributed by atoms with van der Waals surface area (Å²) in [6.45, 7) is 0. The standard InChI is InChI=1S/C13H11Cl2N3O3S/c1-22-5-10-17-9(4-11(19)18-10)13(21)16-6-2-7(14)12(20)8(15)3-6/h2-4,20H,5H2,1H3,(H,16,21)(H,17,18,19). The molecule has 0 fully saturated rings. The molecule has 3 N–H and O–H groups in total. The number of benzene rings is 1. The van der Waals surface area contributed by atoms with Gasteiger partial charge in [0.15, 0.2) is 5.75 Å². The topological polar surface area (TPSA) is 95.1 Å². The Morgan fingerprint density at radius 2 is 2.00 bits per heavy atom. The number of aromatic hydroxyl groups is 1. The van der Waals surface area contributed by atoms with E-state index in [2.05, 4.69) is 15.3 Å². The first-order chi connectivity index (χ1) is 10.4. The third kappa shape index (κ3) is 3.94. The van der Waals surface area contributed by atoms with Crippen molar-refractivity contribution in [2.45, 2.75) is 5.75 Å². The van der Waals surface area contributed by atoms with Crippen LogP contribution in [-0.4, -0.2) is 27.2 Å². The van der Waals surface area contributed by atoms with Gasteiger partial charge >= 0.3 is 0 Å². The molecule has 0 aliphatic heterocycles. The molecule has 2 rings (SSSR count). The van der Waals surface area contributed by atoms with E-state index in [0.717, 1.165) is 6.07 Å². The van der Waals surface area contributed by atoms with E-state index in [-0.39, 0.29) is 27.2 Å². The van der Waals surface area contributed by atoms with E-state index in [1.54, 1.807) is 0 Å². The number of thioether (sulfide) groups is 1. The number of phenolic OH excluding ortho intramolecular Hbond substituents is 1. The van der Waals surface area contributed by atoms with Gasteiger partial charge in [-0.1, -0.05) is 23.2 Å². The monoisotopic (exact) mass is 359 g/mol. The number of anilines is 1. The summed E-state index contributed by atoms with van der Waals surface area (Å²) in [7, 11) is 0. The van der Waals surface area contributed by atoms with Crippen LogP contribution >= 0.6 is 35.0 Å². The smallest absolute Gasteiger partial charge is 0.274 e. The number of hydrogen-bond acceptors (Lipinski definition) is 5. The molecule has 9 heteroatoms. The maximum Gasteiger partial charge on any atom is 0.274 e. The number of aromatic nitrogens is 2. The summed E-state index contributed by atoms with van der Waals surface area (Å²) in [5, 5.41) is 12.0. The first kappa shape index (κ1) is 16.7. The third-order valence-corrected chi connectivity index (χ3v) is 3.72. The number of nitrogens with one attached hydrogen (secondary N) is 2. The number of carbonyl (C=O) groups is 1. The van der Waals surface area contributed by atoms with Gasteiger partial charge in [0.05, 0.1) is 15.8 Å². The van der Waals surface area contributed by atoms with Crippen molar-refractivity contribution < 1.29 is 9.90 Å². The van der Waals surface area contributed by atoms with Gasteiger partial charge in [-0.3, -0.25) is 9.59 Å². The van der Waals surface area contributed by atoms with E-state index in [9.17, 15) is 14.7 Å². The molecule has 1 heterocycles. The predicted octanol–water partition coefficient (Wildman–Crippen LogP) is 2.90. The lowest BCUT2D eigenvalue weighted by atomic mass is 10.3. The van der Waals surface area contributed by atoms with Crippen LogP contribution in [0.3, 0.4) is 0 Å². The molecular formula is C13H11Cl2N3O3S. The zero-order chi connectivity index (χ0) is 16.3. The highest BCUT2D eigenvalue weighted by molar-refractivity contribution is 7.97. The third-order valence-electron chi connectivity index (χ3n) is 2.58. The average Bonchev–Trinajstić information content (AvgIpc) is 2.44. The lowest BCUT2D eigenvalue weighted by Crippen LogP contribution is -2.20. The van der Waals surface area contributed by atoms with Crippen molar-refractivity contribution >= 4 is 46.6 Å². The van der Waals surface area contributed by atoms with Crippen LogP contribution in [0.4, 0.5) is 5.69 Å². The number of aromatic amines is 1. The number of amides is 1. The average molecular weight is 360 g/mol. The molecule has 116 valence electrons. The maximum atomic E-state index is 12.1. The molecular weight excluding hydrogens is 349 g/mol. The van der Waals surface area contributed by atoms with Gasteiger partial charge in [-0.15, -0.1) is 0 Å². The highest BCUT2D eigenvalue weighted by atomic mass is 35.5. The fraction of sp³-hybridized carbons (Fsp3) is 0.154. The summed E-state index contributed by atoms with van der Waals surface area (Å²) in [5.74, 6) is 0.0452. The van der Waals surface area contributed by atoms with E-state index < -0.39 is 11.5 Å². The van der Waals surface area contributed by atoms with Gasteiger partial charge in [-0.2, -0.15) is 11.8 Å². The number of H-pyrrole nitrogens is 1. The molecule has 0 spiro atoms. The Morgan fingerprint density at radius 3 is 2.59 bits per heavy atom. The number of rotatable bonds is 4. The van der Waals surface area contributed by atoms with Gasteiger partial charge in [-0.25, -0.2) is 4.98 Å². The van der Waals surface area contributed by atoms with E-state index in [4.69, 9.17) is 23.2 Å². The molecule has 0 unspecified atom stereocenters. The Labute approximate surface area is 139 Å². The maximum absolute atomic E-state index is 12.1. The highest BCUT2D eigenvalue weighted by Crippen LogP contribution is 2.34. The summed E-state index contributed by atoms with van der Waals surface area (Å²) >= 11 is 13.0. The highest BCUT2D eigenvalue weighted by Gasteiger charge is 2.13. The summed E-state index contributed by atoms with van der Waals surface area (Å²) in [4.78, 5) is 30.3. The molecule has 0 radical (unpaired) electrons. The zero-order valence-corrected chi connectivity index (χ0v) is 13.6. The molecule has 0 aliphatic carbocycles. The van der Waals surface area contributed by atoms with Crippen LogP contribution in [0.2, 0.25) is 10.0 Å². The molecule has 1 amide bonds. The Balaban J connectivity index is 2.27. The van der Waals surface area contributed by atoms with Crippen molar-refractivity contribution in [3.05, 3.63) is 50.1 Å². The first-order valence-corrected chi connectivity index (χ1v) is 8.14. The largest absolute Gasteiger partial charge is 0.505 e. The molecule has 6 nitrogen and oxygen atoms in total. The van der Waals surface area contributed by atoms with Crippen LogP contribution in [0.1, 0.15) is 16.3 Å². The zero-order valence-electron chi connectivity index (χ0n) is 11.3. The van der Waals surface area contributed by atoms with E-state index in [0.29, 0.717) is 11.6 Å². The van der Waals surface area contributed by atoms with E-state index >= 15 is 0 Å². The van der Waals surface area contributed by atoms with Crippen molar-refractivity contribution in [1.82, 2.24) is 9.97 Å². The predicted molar refractivity (Wildman–Crippen MR) is 88.2 cm³/mol. The van der Waals surface area contributed by atoms with E-state index in [1.807, 2.05) is 6.26 Å². The van der Waals surface area contributed by atoms with Gasteiger partial charge in [0.1, 0.15) is 11.5 Å². The molecule has 0 saturated heterocycles. The molecule has 1 aromatic heterocycles. The van der Waals surface area contributed by atoms with Crippen molar-refractivity contribution in [2.75, 3.05) is 11.6 Å². The van der Waals surface area contributed by atoms with Crippen molar-refractivity contribution in [3.8, 4) is 5.75 Å². The molecule has 0 saturated carbocycles. The van der Waals surface area contributed by atoms with Gasteiger partial charge in [-0.05, 0) is 18.4 Å². The second-order valence-electron chi connectivity index (χ2n) is 4.25. The molecule has 2 aromatic rings. The number of phenols is 1. The second kappa shape index (κ2) is 7.04. The van der Waals surface area contributed by atoms with Crippen LogP contribution in [-0.2, 0) is 5.75 Å². The Morgan fingerprint density at radius 1 is 1.36 bits per heavy atom. The van der Waals surface area contributed by atoms with Gasteiger partial charge in [0.25, 0.3) is 11.5 Å². The minimum atomic E-state index is -0.578. The number of hydrogen-bond donors (Lipinski definition) is 3. The van der Waals surface area contributed by atoms with Crippen molar-refractivity contribution in [1.29, 1.82) is 0 Å². The number of halogens is 2. The normalized spacial score (nSPS) is 10.5. The lowest BCUT2D eigenvalue weighted by molar-refractivity contribution is 0.102. The van der Waals surface area contributed by atoms with Crippen molar-refractivity contribution in [3.63, 3.8) is 0 Å². The Bertz CT molecular complexity index is 756. The minimum Gasteiger partial charge on any atom is -0.505 e. The number of carbonyl (C=O) groups excluding carboxylic acids is 1. The minimum absolute atomic E-state index is 0.00439. The Hall–Kier alpha value is -1.70. The van der Waals surface area contributed by atoms with Crippen LogP contribution in [0.5, 0.6) is 5.75 Å². The fourth-order valence-electron chi connectivity index (χ4n) is 1.66. The van der Waals surface area contributed by atoms with Gasteiger partial charge in [0.2, 0.25) is 0 Å². The molecule has 0 bridgehead atoms.